The molecule has 0 aliphatic rings. The zero-order valence-corrected chi connectivity index (χ0v) is 16.9. The second-order valence-corrected chi connectivity index (χ2v) is 4.75. The first-order valence-corrected chi connectivity index (χ1v) is 10.2. The van der Waals surface area contributed by atoms with Gasteiger partial charge in [0.15, 0.2) is 0 Å². The quantitative estimate of drug-likeness (QED) is 0.336. The molecule has 0 spiro atoms. The molecule has 0 aromatic rings. The van der Waals surface area contributed by atoms with Crippen molar-refractivity contribution in [2.45, 2.75) is 20.3 Å². The fourth-order valence-corrected chi connectivity index (χ4v) is 0.401. The van der Waals surface area contributed by atoms with Crippen LogP contribution in [0.1, 0.15) is 20.3 Å². The van der Waals surface area contributed by atoms with Crippen LogP contribution in [0.5, 0.6) is 0 Å². The lowest BCUT2D eigenvalue weighted by molar-refractivity contribution is 0.219. The largest absolute Gasteiger partial charge is 0.384 e. The molecule has 0 aromatic heterocycles. The highest BCUT2D eigenvalue weighted by atomic mass is 127. The van der Waals surface area contributed by atoms with Crippen molar-refractivity contribution in [1.29, 1.82) is 0 Å². The molecule has 5 heteroatoms. The van der Waals surface area contributed by atoms with Crippen molar-refractivity contribution in [3.63, 3.8) is 0 Å². The van der Waals surface area contributed by atoms with E-state index in [-0.39, 0.29) is 0 Å². The Hall–Kier alpha value is 2.38. The fraction of sp³-hybridized carbons (Fsp3) is 1.00. The molecule has 0 fully saturated rings. The third-order valence-corrected chi connectivity index (χ3v) is 1.59. The average molecular weight is 560 g/mol. The van der Waals surface area contributed by atoms with E-state index in [0.29, 0.717) is 0 Å². The van der Waals surface area contributed by atoms with Gasteiger partial charge < -0.3 is 4.74 Å². The van der Waals surface area contributed by atoms with Gasteiger partial charge in [0.05, 0.1) is 6.61 Å². The van der Waals surface area contributed by atoms with E-state index in [1.54, 1.807) is 7.11 Å². The number of alkyl halides is 4. The highest BCUT2D eigenvalue weighted by Crippen LogP contribution is 1.80. The van der Waals surface area contributed by atoms with Gasteiger partial charge in [-0.25, -0.2) is 0 Å². The Balaban J connectivity index is -0.0000000505. The summed E-state index contributed by atoms with van der Waals surface area (Å²) < 4.78 is 5.86. The maximum absolute atomic E-state index is 4.64. The van der Waals surface area contributed by atoms with E-state index in [1.165, 1.54) is 10.8 Å². The molecular weight excluding hydrogens is 538 g/mol. The molecule has 0 atom stereocenters. The molecule has 0 rings (SSSR count). The molecule has 1 nitrogen and oxygen atoms in total. The smallest absolute Gasteiger partial charge is 0.0559 e. The van der Waals surface area contributed by atoms with Crippen molar-refractivity contribution in [2.24, 2.45) is 0 Å². The van der Waals surface area contributed by atoms with Crippen molar-refractivity contribution in [2.75, 3.05) is 33.7 Å². The van der Waals surface area contributed by atoms with Crippen LogP contribution in [-0.4, -0.2) is 33.7 Å². The Labute approximate surface area is 134 Å². The summed E-state index contributed by atoms with van der Waals surface area (Å²) in [5.74, 6) is 0. The summed E-state index contributed by atoms with van der Waals surface area (Å²) in [5, 5.41) is 2.07. The summed E-state index contributed by atoms with van der Waals surface area (Å²) in [7, 11) is 1.68. The van der Waals surface area contributed by atoms with Crippen molar-refractivity contribution in [1.82, 2.24) is 0 Å². The minimum absolute atomic E-state index is 0.806. The first-order valence-electron chi connectivity index (χ1n) is 4.29. The highest BCUT2D eigenvalue weighted by molar-refractivity contribution is 14.1. The predicted molar refractivity (Wildman–Crippen MR) is 94.3 cm³/mol. The van der Waals surface area contributed by atoms with Gasteiger partial charge >= 0.3 is 0 Å². The number of rotatable bonds is 3. The van der Waals surface area contributed by atoms with Crippen LogP contribution in [0.2, 0.25) is 0 Å². The fourth-order valence-electron chi connectivity index (χ4n) is 0.0772. The molecule has 0 radical (unpaired) electrons. The summed E-state index contributed by atoms with van der Waals surface area (Å²) in [4.78, 5) is 1.97. The maximum Gasteiger partial charge on any atom is 0.0559 e. The third kappa shape index (κ3) is 88.9. The van der Waals surface area contributed by atoms with E-state index in [9.17, 15) is 0 Å². The first-order chi connectivity index (χ1) is 6.74. The summed E-state index contributed by atoms with van der Waals surface area (Å²) in [5.41, 5.74) is 0. The van der Waals surface area contributed by atoms with Crippen LogP contribution >= 0.6 is 77.0 Å². The van der Waals surface area contributed by atoms with Crippen LogP contribution < -0.4 is 0 Å². The van der Waals surface area contributed by atoms with Gasteiger partial charge in [-0.15, -0.1) is 0 Å². The van der Waals surface area contributed by atoms with Crippen LogP contribution in [0.3, 0.4) is 0 Å². The molecule has 0 N–H and O–H groups in total. The van der Waals surface area contributed by atoms with Crippen LogP contribution in [0.4, 0.5) is 0 Å². The van der Waals surface area contributed by atoms with E-state index < -0.39 is 0 Å². The standard InChI is InChI=1S/C3H7BrO.C3H7Br.C2H5I.CH3I/c1-5-3-2-4;1-2-3-4;1-2-3;1-2/h2-3H2,1H3;2-3H2,1H3;2H2,1H3;1H3. The SMILES string of the molecule is CCCBr.CCI.CI.COCCBr. The number of methoxy groups -OCH3 is 1. The zero-order chi connectivity index (χ0) is 12.2. The lowest BCUT2D eigenvalue weighted by Gasteiger charge is -1.83. The van der Waals surface area contributed by atoms with E-state index >= 15 is 0 Å². The lowest BCUT2D eigenvalue weighted by atomic mass is 10.6. The van der Waals surface area contributed by atoms with E-state index in [2.05, 4.69) is 95.6 Å². The summed E-state index contributed by atoms with van der Waals surface area (Å²) in [6.07, 6.45) is 1.24. The van der Waals surface area contributed by atoms with Gasteiger partial charge in [0.1, 0.15) is 0 Å². The minimum atomic E-state index is 0.806. The van der Waals surface area contributed by atoms with Gasteiger partial charge in [-0.3, -0.25) is 0 Å². The van der Waals surface area contributed by atoms with Crippen LogP contribution in [-0.2, 0) is 4.74 Å². The highest BCUT2D eigenvalue weighted by Gasteiger charge is 1.68. The van der Waals surface area contributed by atoms with E-state index in [1.807, 2.05) is 4.93 Å². The molecule has 0 saturated heterocycles. The predicted octanol–water partition coefficient (Wildman–Crippen LogP) is 5.31. The van der Waals surface area contributed by atoms with Gasteiger partial charge in [-0.05, 0) is 15.8 Å². The van der Waals surface area contributed by atoms with Crippen LogP contribution in [0, 0.1) is 0 Å². The normalized spacial score (nSPS) is 6.86. The molecule has 0 bridgehead atoms. The van der Waals surface area contributed by atoms with Gasteiger partial charge in [0.2, 0.25) is 0 Å². The van der Waals surface area contributed by atoms with Crippen molar-refractivity contribution < 1.29 is 4.74 Å². The van der Waals surface area contributed by atoms with Gasteiger partial charge in [-0.2, -0.15) is 0 Å². The number of halogens is 4. The molecule has 92 valence electrons. The molecule has 0 aromatic carbocycles. The van der Waals surface area contributed by atoms with Gasteiger partial charge in [0.25, 0.3) is 0 Å². The molecule has 0 aliphatic carbocycles. The van der Waals surface area contributed by atoms with Crippen LogP contribution in [0.25, 0.3) is 0 Å². The molecule has 0 amide bonds. The van der Waals surface area contributed by atoms with Crippen molar-refractivity contribution in [3.8, 4) is 0 Å². The van der Waals surface area contributed by atoms with Crippen LogP contribution in [0.15, 0.2) is 0 Å². The molecule has 0 heterocycles. The van der Waals surface area contributed by atoms with Crippen molar-refractivity contribution >= 4 is 77.0 Å². The zero-order valence-electron chi connectivity index (χ0n) is 9.46. The second kappa shape index (κ2) is 45.3. The Bertz CT molecular complexity index is 47.8. The molecule has 0 unspecified atom stereocenters. The maximum atomic E-state index is 4.64. The number of hydrogen-bond acceptors (Lipinski definition) is 1. The number of hydrogen-bond donors (Lipinski definition) is 0. The van der Waals surface area contributed by atoms with Gasteiger partial charge in [-0.1, -0.05) is 90.9 Å². The molecule has 14 heavy (non-hydrogen) atoms. The monoisotopic (exact) mass is 558 g/mol. The summed E-state index contributed by atoms with van der Waals surface area (Å²) >= 11 is 10.9. The second-order valence-electron chi connectivity index (χ2n) is 1.64. The third-order valence-electron chi connectivity index (χ3n) is 0.470. The lowest BCUT2D eigenvalue weighted by Crippen LogP contribution is -1.85. The average Bonchev–Trinajstić information content (AvgIpc) is 2.24. The summed E-state index contributed by atoms with van der Waals surface area (Å²) in [6, 6.07) is 0. The Kier molecular flexibility index (Phi) is 81.8. The Morgan fingerprint density at radius 1 is 1.07 bits per heavy atom. The number of ether oxygens (including phenoxy) is 1. The Morgan fingerprint density at radius 2 is 1.36 bits per heavy atom. The topological polar surface area (TPSA) is 9.23 Å². The first kappa shape index (κ1) is 25.3. The summed E-state index contributed by atoms with van der Waals surface area (Å²) in [6.45, 7) is 5.05. The Morgan fingerprint density at radius 3 is 1.36 bits per heavy atom. The molecular formula is C9H22Br2I2O. The molecule has 0 saturated carbocycles. The van der Waals surface area contributed by atoms with Crippen molar-refractivity contribution in [3.05, 3.63) is 0 Å². The van der Waals surface area contributed by atoms with E-state index in [0.717, 1.165) is 17.3 Å². The van der Waals surface area contributed by atoms with Gasteiger partial charge in [0, 0.05) is 17.8 Å². The molecule has 0 aliphatic heterocycles. The minimum Gasteiger partial charge on any atom is -0.384 e. The van der Waals surface area contributed by atoms with E-state index in [4.69, 9.17) is 0 Å².